The first-order chi connectivity index (χ1) is 16.1. The summed E-state index contributed by atoms with van der Waals surface area (Å²) in [5, 5.41) is 0.495. The van der Waals surface area contributed by atoms with Crippen LogP contribution in [0.1, 0.15) is 0 Å². The third-order valence-electron chi connectivity index (χ3n) is 6.29. The van der Waals surface area contributed by atoms with Crippen molar-refractivity contribution < 1.29 is 4.74 Å². The van der Waals surface area contributed by atoms with Crippen LogP contribution in [-0.4, -0.2) is 59.3 Å². The summed E-state index contributed by atoms with van der Waals surface area (Å²) in [6, 6.07) is 19.6. The molecule has 3 heterocycles. The van der Waals surface area contributed by atoms with Gasteiger partial charge >= 0.3 is 5.69 Å². The first kappa shape index (κ1) is 21.1. The molecule has 1 aliphatic rings. The Morgan fingerprint density at radius 3 is 2.36 bits per heavy atom. The number of fused-ring (bicyclic) bond motifs is 1. The van der Waals surface area contributed by atoms with Crippen molar-refractivity contribution in [3.63, 3.8) is 0 Å². The molecule has 0 saturated carbocycles. The van der Waals surface area contributed by atoms with Gasteiger partial charge < -0.3 is 14.6 Å². The minimum Gasteiger partial charge on any atom is -0.495 e. The van der Waals surface area contributed by atoms with Gasteiger partial charge in [0.15, 0.2) is 0 Å². The van der Waals surface area contributed by atoms with Crippen molar-refractivity contribution in [3.05, 3.63) is 81.5 Å². The number of ether oxygens (including phenoxy) is 1. The topological polar surface area (TPSA) is 86.4 Å². The van der Waals surface area contributed by atoms with Gasteiger partial charge in [-0.05, 0) is 23.8 Å². The van der Waals surface area contributed by atoms with Gasteiger partial charge in [-0.25, -0.2) is 4.79 Å². The summed E-state index contributed by atoms with van der Waals surface area (Å²) in [5.74, 6) is 0.874. The molecule has 170 valence electrons. The van der Waals surface area contributed by atoms with E-state index in [1.807, 2.05) is 54.6 Å². The van der Waals surface area contributed by atoms with E-state index in [0.29, 0.717) is 24.1 Å². The molecule has 4 aromatic rings. The van der Waals surface area contributed by atoms with Gasteiger partial charge in [0.25, 0.3) is 5.56 Å². The maximum absolute atomic E-state index is 13.1. The highest BCUT2D eigenvalue weighted by atomic mass is 16.5. The van der Waals surface area contributed by atoms with E-state index in [9.17, 15) is 9.59 Å². The predicted molar refractivity (Wildman–Crippen MR) is 130 cm³/mol. The van der Waals surface area contributed by atoms with Gasteiger partial charge in [-0.3, -0.25) is 19.2 Å². The maximum Gasteiger partial charge on any atom is 0.329 e. The Labute approximate surface area is 191 Å². The van der Waals surface area contributed by atoms with Crippen LogP contribution in [0.3, 0.4) is 0 Å². The highest BCUT2D eigenvalue weighted by molar-refractivity contribution is 5.82. The Bertz CT molecular complexity index is 1360. The number of para-hydroxylation sites is 2. The number of methoxy groups -OCH3 is 1. The lowest BCUT2D eigenvalue weighted by atomic mass is 10.1. The standard InChI is InChI=1S/C25H27N5O3/c1-33-22-10-6-5-9-21(22)29-14-11-28(12-15-29)13-16-30-24(31)19-17-20(18-7-3-2-4-8-18)26-23(19)27-25(30)32/h2-10,17,26H,11-16H2,1H3,(H,27,32). The number of nitrogens with zero attached hydrogens (tertiary/aromatic N) is 3. The lowest BCUT2D eigenvalue weighted by Gasteiger charge is -2.36. The Hall–Kier alpha value is -3.78. The zero-order chi connectivity index (χ0) is 22.8. The van der Waals surface area contributed by atoms with Crippen molar-refractivity contribution in [2.24, 2.45) is 0 Å². The number of piperazine rings is 1. The summed E-state index contributed by atoms with van der Waals surface area (Å²) in [5.41, 5.74) is 2.68. The van der Waals surface area contributed by atoms with Crippen molar-refractivity contribution in [2.45, 2.75) is 6.54 Å². The largest absolute Gasteiger partial charge is 0.495 e. The van der Waals surface area contributed by atoms with Crippen LogP contribution in [-0.2, 0) is 6.54 Å². The van der Waals surface area contributed by atoms with Crippen molar-refractivity contribution >= 4 is 16.7 Å². The molecule has 0 bridgehead atoms. The monoisotopic (exact) mass is 445 g/mol. The van der Waals surface area contributed by atoms with E-state index in [1.54, 1.807) is 7.11 Å². The van der Waals surface area contributed by atoms with Gasteiger partial charge in [0.2, 0.25) is 0 Å². The molecule has 0 aliphatic carbocycles. The molecule has 1 saturated heterocycles. The first-order valence-electron chi connectivity index (χ1n) is 11.2. The van der Waals surface area contributed by atoms with Gasteiger partial charge in [0.05, 0.1) is 18.2 Å². The van der Waals surface area contributed by atoms with Crippen LogP contribution in [0, 0.1) is 0 Å². The fourth-order valence-electron chi connectivity index (χ4n) is 4.46. The number of rotatable bonds is 6. The smallest absolute Gasteiger partial charge is 0.329 e. The average Bonchev–Trinajstić information content (AvgIpc) is 3.29. The molecular weight excluding hydrogens is 418 g/mol. The number of hydrogen-bond donors (Lipinski definition) is 2. The van der Waals surface area contributed by atoms with Crippen LogP contribution in [0.5, 0.6) is 5.75 Å². The minimum atomic E-state index is -0.387. The Kier molecular flexibility index (Phi) is 5.75. The molecule has 8 heteroatoms. The highest BCUT2D eigenvalue weighted by Gasteiger charge is 2.20. The second kappa shape index (κ2) is 8.99. The predicted octanol–water partition coefficient (Wildman–Crippen LogP) is 2.52. The van der Waals surface area contributed by atoms with Gasteiger partial charge in [-0.15, -0.1) is 0 Å². The van der Waals surface area contributed by atoms with Gasteiger partial charge in [0, 0.05) is 45.0 Å². The molecule has 1 fully saturated rings. The molecule has 2 aromatic heterocycles. The average molecular weight is 446 g/mol. The second-order valence-electron chi connectivity index (χ2n) is 8.23. The van der Waals surface area contributed by atoms with Crippen molar-refractivity contribution in [3.8, 4) is 17.0 Å². The molecule has 0 atom stereocenters. The molecule has 2 N–H and O–H groups in total. The van der Waals surface area contributed by atoms with E-state index in [-0.39, 0.29) is 11.2 Å². The molecule has 0 spiro atoms. The van der Waals surface area contributed by atoms with Crippen LogP contribution in [0.4, 0.5) is 5.69 Å². The fraction of sp³-hybridized carbons (Fsp3) is 0.280. The van der Waals surface area contributed by atoms with Crippen LogP contribution in [0.15, 0.2) is 70.3 Å². The molecule has 0 unspecified atom stereocenters. The number of H-pyrrole nitrogens is 2. The summed E-state index contributed by atoms with van der Waals surface area (Å²) in [6.07, 6.45) is 0. The van der Waals surface area contributed by atoms with Crippen molar-refractivity contribution in [2.75, 3.05) is 44.7 Å². The fourth-order valence-corrected chi connectivity index (χ4v) is 4.46. The Balaban J connectivity index is 1.28. The van der Waals surface area contributed by atoms with Crippen LogP contribution in [0.2, 0.25) is 0 Å². The number of hydrogen-bond acceptors (Lipinski definition) is 5. The molecule has 5 rings (SSSR count). The SMILES string of the molecule is COc1ccccc1N1CCN(CCn2c(=O)[nH]c3[nH]c(-c4ccccc4)cc3c2=O)CC1. The van der Waals surface area contributed by atoms with Crippen LogP contribution < -0.4 is 20.9 Å². The lowest BCUT2D eigenvalue weighted by Crippen LogP contribution is -2.48. The number of anilines is 1. The molecule has 0 radical (unpaired) electrons. The lowest BCUT2D eigenvalue weighted by molar-refractivity contribution is 0.245. The summed E-state index contributed by atoms with van der Waals surface area (Å²) in [6.45, 7) is 4.44. The normalized spacial score (nSPS) is 14.6. The number of benzene rings is 2. The third kappa shape index (κ3) is 4.17. The van der Waals surface area contributed by atoms with E-state index >= 15 is 0 Å². The van der Waals surface area contributed by atoms with E-state index in [2.05, 4.69) is 25.8 Å². The number of aromatic amines is 2. The minimum absolute atomic E-state index is 0.264. The zero-order valence-electron chi connectivity index (χ0n) is 18.6. The van der Waals surface area contributed by atoms with Gasteiger partial charge in [-0.1, -0.05) is 42.5 Å². The maximum atomic E-state index is 13.1. The number of nitrogens with one attached hydrogen (secondary N) is 2. The summed E-state index contributed by atoms with van der Waals surface area (Å²) < 4.78 is 6.79. The molecule has 8 nitrogen and oxygen atoms in total. The Morgan fingerprint density at radius 1 is 0.879 bits per heavy atom. The molecule has 2 aromatic carbocycles. The molecule has 0 amide bonds. The zero-order valence-corrected chi connectivity index (χ0v) is 18.6. The van der Waals surface area contributed by atoms with Crippen molar-refractivity contribution in [1.82, 2.24) is 19.4 Å². The van der Waals surface area contributed by atoms with E-state index in [1.165, 1.54) is 4.57 Å². The second-order valence-corrected chi connectivity index (χ2v) is 8.23. The molecule has 1 aliphatic heterocycles. The number of aromatic nitrogens is 3. The molecule has 33 heavy (non-hydrogen) atoms. The third-order valence-corrected chi connectivity index (χ3v) is 6.29. The van der Waals surface area contributed by atoms with E-state index in [4.69, 9.17) is 4.74 Å². The van der Waals surface area contributed by atoms with Crippen molar-refractivity contribution in [1.29, 1.82) is 0 Å². The van der Waals surface area contributed by atoms with Gasteiger partial charge in [0.1, 0.15) is 11.4 Å². The van der Waals surface area contributed by atoms with E-state index in [0.717, 1.165) is 48.9 Å². The van der Waals surface area contributed by atoms with Gasteiger partial charge in [-0.2, -0.15) is 0 Å². The van der Waals surface area contributed by atoms with E-state index < -0.39 is 0 Å². The summed E-state index contributed by atoms with van der Waals surface area (Å²) >= 11 is 0. The highest BCUT2D eigenvalue weighted by Crippen LogP contribution is 2.28. The quantitative estimate of drug-likeness (QED) is 0.476. The summed E-state index contributed by atoms with van der Waals surface area (Å²) in [4.78, 5) is 36.3. The van der Waals surface area contributed by atoms with Crippen LogP contribution >= 0.6 is 0 Å². The van der Waals surface area contributed by atoms with Crippen LogP contribution in [0.25, 0.3) is 22.3 Å². The Morgan fingerprint density at radius 2 is 1.61 bits per heavy atom. The molecular formula is C25H27N5O3. The first-order valence-corrected chi connectivity index (χ1v) is 11.2. The summed E-state index contributed by atoms with van der Waals surface area (Å²) in [7, 11) is 1.69.